The lowest BCUT2D eigenvalue weighted by molar-refractivity contribution is 0.0686. The van der Waals surface area contributed by atoms with Crippen molar-refractivity contribution in [2.75, 3.05) is 11.5 Å². The van der Waals surface area contributed by atoms with Crippen molar-refractivity contribution in [1.29, 1.82) is 0 Å². The van der Waals surface area contributed by atoms with Gasteiger partial charge in [0, 0.05) is 6.04 Å². The van der Waals surface area contributed by atoms with Crippen LogP contribution < -0.4 is 4.72 Å². The summed E-state index contributed by atoms with van der Waals surface area (Å²) in [6.07, 6.45) is 0.678. The molecule has 3 N–H and O–H groups in total. The molecule has 7 nitrogen and oxygen atoms in total. The van der Waals surface area contributed by atoms with Crippen molar-refractivity contribution in [2.45, 2.75) is 38.1 Å². The third kappa shape index (κ3) is 4.22. The van der Waals surface area contributed by atoms with E-state index < -0.39 is 21.7 Å². The Morgan fingerprint density at radius 1 is 1.55 bits per heavy atom. The summed E-state index contributed by atoms with van der Waals surface area (Å²) in [4.78, 5) is 10.7. The lowest BCUT2D eigenvalue weighted by atomic mass is 10.3. The number of rotatable bonds is 8. The number of thioether (sulfide) groups is 1. The SMILES string of the molecule is CCSCCC(C)NS(=O)(=O)c1c(C(=O)O)n[nH]c1C. The van der Waals surface area contributed by atoms with Gasteiger partial charge >= 0.3 is 5.97 Å². The van der Waals surface area contributed by atoms with E-state index in [1.807, 2.05) is 6.92 Å². The first kappa shape index (κ1) is 17.0. The number of hydrogen-bond donors (Lipinski definition) is 3. The first-order valence-corrected chi connectivity index (χ1v) is 8.81. The maximum absolute atomic E-state index is 12.2. The average molecular weight is 321 g/mol. The van der Waals surface area contributed by atoms with Crippen LogP contribution in [0.5, 0.6) is 0 Å². The van der Waals surface area contributed by atoms with Gasteiger partial charge in [-0.15, -0.1) is 0 Å². The molecular weight excluding hydrogens is 302 g/mol. The Balaban J connectivity index is 2.89. The van der Waals surface area contributed by atoms with Crippen molar-refractivity contribution in [2.24, 2.45) is 0 Å². The summed E-state index contributed by atoms with van der Waals surface area (Å²) in [6.45, 7) is 5.27. The van der Waals surface area contributed by atoms with Gasteiger partial charge in [-0.25, -0.2) is 17.9 Å². The highest BCUT2D eigenvalue weighted by atomic mass is 32.2. The summed E-state index contributed by atoms with van der Waals surface area (Å²) < 4.78 is 27.0. The van der Waals surface area contributed by atoms with Crippen LogP contribution in [0, 0.1) is 6.92 Å². The number of H-pyrrole nitrogens is 1. The molecular formula is C11H19N3O4S2. The Bertz CT molecular complexity index is 568. The highest BCUT2D eigenvalue weighted by molar-refractivity contribution is 7.99. The molecule has 0 saturated carbocycles. The predicted molar refractivity (Wildman–Crippen MR) is 77.7 cm³/mol. The zero-order valence-corrected chi connectivity index (χ0v) is 13.3. The smallest absolute Gasteiger partial charge is 0.357 e. The van der Waals surface area contributed by atoms with E-state index in [0.29, 0.717) is 6.42 Å². The van der Waals surface area contributed by atoms with E-state index in [2.05, 4.69) is 14.9 Å². The van der Waals surface area contributed by atoms with Gasteiger partial charge in [-0.1, -0.05) is 6.92 Å². The maximum atomic E-state index is 12.2. The summed E-state index contributed by atoms with van der Waals surface area (Å²) in [7, 11) is -3.89. The fraction of sp³-hybridized carbons (Fsp3) is 0.636. The number of sulfonamides is 1. The summed E-state index contributed by atoms with van der Waals surface area (Å²) in [5.41, 5.74) is -0.268. The van der Waals surface area contributed by atoms with Gasteiger partial charge in [0.05, 0.1) is 5.69 Å². The van der Waals surface area contributed by atoms with Crippen molar-refractivity contribution < 1.29 is 18.3 Å². The molecule has 1 atom stereocenters. The van der Waals surface area contributed by atoms with Crippen LogP contribution in [-0.2, 0) is 10.0 Å². The summed E-state index contributed by atoms with van der Waals surface area (Å²) >= 11 is 1.72. The van der Waals surface area contributed by atoms with Crippen LogP contribution in [0.15, 0.2) is 4.90 Å². The number of aromatic amines is 1. The number of aromatic nitrogens is 2. The van der Waals surface area contributed by atoms with E-state index in [9.17, 15) is 13.2 Å². The Labute approximate surface area is 122 Å². The molecule has 1 rings (SSSR count). The van der Waals surface area contributed by atoms with E-state index in [4.69, 9.17) is 5.11 Å². The molecule has 1 aromatic rings. The molecule has 0 saturated heterocycles. The van der Waals surface area contributed by atoms with E-state index in [-0.39, 0.29) is 16.6 Å². The van der Waals surface area contributed by atoms with Crippen molar-refractivity contribution in [1.82, 2.24) is 14.9 Å². The molecule has 0 bridgehead atoms. The van der Waals surface area contributed by atoms with Gasteiger partial charge in [-0.3, -0.25) is 5.10 Å². The molecule has 0 spiro atoms. The molecule has 0 aromatic carbocycles. The zero-order valence-electron chi connectivity index (χ0n) is 11.6. The molecule has 0 amide bonds. The van der Waals surface area contributed by atoms with E-state index in [1.54, 1.807) is 18.7 Å². The molecule has 0 radical (unpaired) electrons. The van der Waals surface area contributed by atoms with Crippen LogP contribution in [0.4, 0.5) is 0 Å². The highest BCUT2D eigenvalue weighted by Crippen LogP contribution is 2.18. The number of aryl methyl sites for hydroxylation is 1. The fourth-order valence-corrected chi connectivity index (χ4v) is 4.09. The minimum absolute atomic E-state index is 0.213. The van der Waals surface area contributed by atoms with Gasteiger partial charge in [0.15, 0.2) is 5.69 Å². The maximum Gasteiger partial charge on any atom is 0.357 e. The zero-order chi connectivity index (χ0) is 15.3. The van der Waals surface area contributed by atoms with Gasteiger partial charge < -0.3 is 5.11 Å². The Hall–Kier alpha value is -1.06. The highest BCUT2D eigenvalue weighted by Gasteiger charge is 2.29. The number of carbonyl (C=O) groups is 1. The molecule has 20 heavy (non-hydrogen) atoms. The van der Waals surface area contributed by atoms with Gasteiger partial charge in [-0.2, -0.15) is 16.9 Å². The number of carboxylic acid groups (broad SMARTS) is 1. The van der Waals surface area contributed by atoms with Gasteiger partial charge in [0.25, 0.3) is 0 Å². The molecule has 1 aromatic heterocycles. The lowest BCUT2D eigenvalue weighted by Gasteiger charge is -2.13. The van der Waals surface area contributed by atoms with Crippen LogP contribution in [0.2, 0.25) is 0 Å². The summed E-state index contributed by atoms with van der Waals surface area (Å²) in [5, 5.41) is 14.9. The predicted octanol–water partition coefficient (Wildman–Crippen LogP) is 1.23. The van der Waals surface area contributed by atoms with Crippen molar-refractivity contribution in [3.63, 3.8) is 0 Å². The lowest BCUT2D eigenvalue weighted by Crippen LogP contribution is -2.34. The minimum Gasteiger partial charge on any atom is -0.476 e. The van der Waals surface area contributed by atoms with Gasteiger partial charge in [-0.05, 0) is 31.8 Å². The molecule has 0 aliphatic heterocycles. The number of nitrogens with one attached hydrogen (secondary N) is 2. The van der Waals surface area contributed by atoms with Crippen molar-refractivity contribution in [3.05, 3.63) is 11.4 Å². The van der Waals surface area contributed by atoms with Crippen LogP contribution in [-0.4, -0.2) is 47.2 Å². The Kier molecular flexibility index (Phi) is 6.03. The topological polar surface area (TPSA) is 112 Å². The first-order valence-electron chi connectivity index (χ1n) is 6.18. The molecule has 9 heteroatoms. The Morgan fingerprint density at radius 3 is 2.75 bits per heavy atom. The van der Waals surface area contributed by atoms with Gasteiger partial charge in [0.1, 0.15) is 4.90 Å². The number of carboxylic acids is 1. The number of aromatic carboxylic acids is 1. The third-order valence-electron chi connectivity index (χ3n) is 2.62. The Morgan fingerprint density at radius 2 is 2.20 bits per heavy atom. The molecule has 0 aliphatic carbocycles. The largest absolute Gasteiger partial charge is 0.476 e. The van der Waals surface area contributed by atoms with E-state index in [1.165, 1.54) is 6.92 Å². The molecule has 0 fully saturated rings. The van der Waals surface area contributed by atoms with E-state index >= 15 is 0 Å². The van der Waals surface area contributed by atoms with Crippen molar-refractivity contribution in [3.8, 4) is 0 Å². The third-order valence-corrected chi connectivity index (χ3v) is 5.30. The van der Waals surface area contributed by atoms with Gasteiger partial charge in [0.2, 0.25) is 10.0 Å². The summed E-state index contributed by atoms with van der Waals surface area (Å²) in [6, 6.07) is -0.269. The average Bonchev–Trinajstić information content (AvgIpc) is 2.71. The molecule has 1 unspecified atom stereocenters. The second-order valence-corrected chi connectivity index (χ2v) is 7.38. The second kappa shape index (κ2) is 7.09. The number of nitrogens with zero attached hydrogens (tertiary/aromatic N) is 1. The normalized spacial score (nSPS) is 13.3. The number of hydrogen-bond acceptors (Lipinski definition) is 5. The van der Waals surface area contributed by atoms with Crippen molar-refractivity contribution >= 4 is 27.8 Å². The van der Waals surface area contributed by atoms with E-state index in [0.717, 1.165) is 11.5 Å². The molecule has 114 valence electrons. The molecule has 0 aliphatic rings. The monoisotopic (exact) mass is 321 g/mol. The first-order chi connectivity index (χ1) is 9.29. The quantitative estimate of drug-likeness (QED) is 0.621. The van der Waals surface area contributed by atoms with Crippen LogP contribution in [0.25, 0.3) is 0 Å². The molecule has 1 heterocycles. The van der Waals surface area contributed by atoms with Crippen LogP contribution in [0.1, 0.15) is 36.5 Å². The minimum atomic E-state index is -3.89. The summed E-state index contributed by atoms with van der Waals surface area (Å²) in [5.74, 6) is 0.448. The van der Waals surface area contributed by atoms with Crippen LogP contribution >= 0.6 is 11.8 Å². The fourth-order valence-electron chi connectivity index (χ4n) is 1.68. The standard InChI is InChI=1S/C11H19N3O4S2/c1-4-19-6-5-7(2)14-20(17,18)10-8(3)12-13-9(10)11(15)16/h7,14H,4-6H2,1-3H3,(H,12,13)(H,15,16). The second-order valence-electron chi connectivity index (χ2n) is 4.34. The van der Waals surface area contributed by atoms with Crippen LogP contribution in [0.3, 0.4) is 0 Å².